The molecule has 1 aliphatic heterocycles. The van der Waals surface area contributed by atoms with Crippen LogP contribution in [-0.2, 0) is 33.4 Å². The van der Waals surface area contributed by atoms with Gasteiger partial charge in [-0.25, -0.2) is 18.0 Å². The van der Waals surface area contributed by atoms with Gasteiger partial charge in [-0.05, 0) is 66.0 Å². The van der Waals surface area contributed by atoms with E-state index in [4.69, 9.17) is 24.3 Å². The quantitative estimate of drug-likeness (QED) is 0.101. The van der Waals surface area contributed by atoms with Crippen molar-refractivity contribution in [2.45, 2.75) is 89.1 Å². The molecule has 1 aliphatic carbocycles. The molecule has 0 radical (unpaired) electrons. The first kappa shape index (κ1) is 36.9. The number of esters is 1. The number of benzene rings is 1. The number of hydrogen-bond donors (Lipinski definition) is 5. The zero-order valence-corrected chi connectivity index (χ0v) is 30.0. The molecule has 6 N–H and O–H groups in total. The average Bonchev–Trinajstić information content (AvgIpc) is 3.46. The standard InChI is InChI=1S/C29H43N8O10PS/c1-17-9-11-18(12-10-17)47-48(41,34-29(13-8-14-29)25(39)46-27(2,3)4)44-15-19-21(38)28(5,40)24(45-19)37-16-31-20-22(32-26(30)33-23(20)37)36(6)35-49(7,42)43/h9-12,16,19,21,24,35,38,40H,8,13-15H2,1-7H3,(H,34,41)(H2,30,32,33)/t19?,21-,24?,28-,48?/m1/s1. The van der Waals surface area contributed by atoms with E-state index < -0.39 is 65.5 Å². The minimum Gasteiger partial charge on any atom is -0.459 e. The second-order valence-electron chi connectivity index (χ2n) is 13.6. The summed E-state index contributed by atoms with van der Waals surface area (Å²) >= 11 is 0. The van der Waals surface area contributed by atoms with Crippen LogP contribution in [0, 0.1) is 6.92 Å². The number of ether oxygens (including phenoxy) is 2. The lowest BCUT2D eigenvalue weighted by molar-refractivity contribution is -0.166. The van der Waals surface area contributed by atoms with Crippen LogP contribution in [0.1, 0.15) is 58.7 Å². The number of nitrogens with two attached hydrogens (primary N) is 1. The third-order valence-corrected chi connectivity index (χ3v) is 10.3. The van der Waals surface area contributed by atoms with Crippen molar-refractivity contribution in [2.24, 2.45) is 0 Å². The molecular weight excluding hydrogens is 683 g/mol. The zero-order valence-electron chi connectivity index (χ0n) is 28.3. The highest BCUT2D eigenvalue weighted by atomic mass is 32.2. The summed E-state index contributed by atoms with van der Waals surface area (Å²) in [7, 11) is -6.69. The number of carbonyl (C=O) groups excluding carboxylic acids is 1. The van der Waals surface area contributed by atoms with Crippen molar-refractivity contribution in [1.29, 1.82) is 0 Å². The monoisotopic (exact) mass is 726 g/mol. The summed E-state index contributed by atoms with van der Waals surface area (Å²) in [4.78, 5) is 28.1. The molecule has 5 rings (SSSR count). The molecule has 2 aromatic heterocycles. The average molecular weight is 727 g/mol. The molecule has 5 atom stereocenters. The van der Waals surface area contributed by atoms with Crippen LogP contribution in [0.15, 0.2) is 30.6 Å². The number of carbonyl (C=O) groups is 1. The fourth-order valence-electron chi connectivity index (χ4n) is 5.51. The third kappa shape index (κ3) is 7.99. The van der Waals surface area contributed by atoms with Gasteiger partial charge in [-0.3, -0.25) is 18.9 Å². The van der Waals surface area contributed by atoms with Gasteiger partial charge in [0.15, 0.2) is 23.2 Å². The lowest BCUT2D eigenvalue weighted by Gasteiger charge is -2.42. The summed E-state index contributed by atoms with van der Waals surface area (Å²) in [6.45, 7) is 7.83. The minimum atomic E-state index is -4.39. The van der Waals surface area contributed by atoms with E-state index >= 15 is 0 Å². The maximum atomic E-state index is 14.4. The largest absolute Gasteiger partial charge is 0.459 e. The molecule has 0 amide bonds. The number of sulfonamides is 1. The molecular formula is C29H43N8O10PS. The summed E-state index contributed by atoms with van der Waals surface area (Å²) in [5, 5.41) is 26.7. The first-order valence-electron chi connectivity index (χ1n) is 15.4. The molecule has 0 spiro atoms. The van der Waals surface area contributed by atoms with E-state index in [1.54, 1.807) is 45.0 Å². The Morgan fingerprint density at radius 3 is 2.47 bits per heavy atom. The summed E-state index contributed by atoms with van der Waals surface area (Å²) in [6.07, 6.45) is -0.674. The van der Waals surface area contributed by atoms with Gasteiger partial charge in [0.25, 0.3) is 0 Å². The number of fused-ring (bicyclic) bond motifs is 1. The van der Waals surface area contributed by atoms with Crippen LogP contribution in [0.5, 0.6) is 5.75 Å². The molecule has 49 heavy (non-hydrogen) atoms. The van der Waals surface area contributed by atoms with Gasteiger partial charge in [0.2, 0.25) is 16.0 Å². The van der Waals surface area contributed by atoms with Crippen LogP contribution in [0.4, 0.5) is 11.8 Å². The fourth-order valence-corrected chi connectivity index (χ4v) is 7.84. The number of aliphatic hydroxyl groups excluding tert-OH is 1. The Morgan fingerprint density at radius 1 is 1.24 bits per heavy atom. The number of rotatable bonds is 12. The topological polar surface area (TPSA) is 243 Å². The Hall–Kier alpha value is -3.42. The van der Waals surface area contributed by atoms with Crippen LogP contribution >= 0.6 is 7.75 Å². The molecule has 18 nitrogen and oxygen atoms in total. The molecule has 3 heterocycles. The smallest absolute Gasteiger partial charge is 0.459 e. The highest BCUT2D eigenvalue weighted by Crippen LogP contribution is 2.52. The van der Waals surface area contributed by atoms with Crippen molar-refractivity contribution in [2.75, 3.05) is 30.7 Å². The van der Waals surface area contributed by atoms with E-state index in [0.29, 0.717) is 19.3 Å². The number of imidazole rings is 1. The fraction of sp³-hybridized carbons (Fsp3) is 0.586. The molecule has 2 fully saturated rings. The van der Waals surface area contributed by atoms with Crippen molar-refractivity contribution >= 4 is 46.7 Å². The van der Waals surface area contributed by atoms with Crippen LogP contribution in [-0.4, -0.2) is 93.0 Å². The van der Waals surface area contributed by atoms with Gasteiger partial charge in [0.1, 0.15) is 34.7 Å². The molecule has 270 valence electrons. The highest BCUT2D eigenvalue weighted by molar-refractivity contribution is 7.88. The number of nitrogen functional groups attached to an aromatic ring is 1. The zero-order chi connectivity index (χ0) is 36.2. The highest BCUT2D eigenvalue weighted by Gasteiger charge is 2.56. The number of hydrogen-bond acceptors (Lipinski definition) is 15. The second kappa shape index (κ2) is 13.0. The van der Waals surface area contributed by atoms with E-state index in [-0.39, 0.29) is 28.7 Å². The predicted octanol–water partition coefficient (Wildman–Crippen LogP) is 1.68. The van der Waals surface area contributed by atoms with Crippen LogP contribution in [0.2, 0.25) is 0 Å². The summed E-state index contributed by atoms with van der Waals surface area (Å²) in [5.74, 6) is -0.626. The molecule has 3 unspecified atom stereocenters. The number of aromatic nitrogens is 4. The van der Waals surface area contributed by atoms with E-state index in [9.17, 15) is 28.0 Å². The van der Waals surface area contributed by atoms with Gasteiger partial charge in [-0.2, -0.15) is 15.1 Å². The lowest BCUT2D eigenvalue weighted by atomic mass is 9.77. The van der Waals surface area contributed by atoms with E-state index in [1.807, 2.05) is 6.92 Å². The summed E-state index contributed by atoms with van der Waals surface area (Å²) in [6, 6.07) is 6.71. The molecule has 3 aromatic rings. The van der Waals surface area contributed by atoms with Gasteiger partial charge in [-0.1, -0.05) is 17.7 Å². The van der Waals surface area contributed by atoms with Crippen molar-refractivity contribution in [3.8, 4) is 5.75 Å². The van der Waals surface area contributed by atoms with Crippen molar-refractivity contribution in [3.63, 3.8) is 0 Å². The number of aliphatic hydroxyl groups is 2. The first-order chi connectivity index (χ1) is 22.6. The molecule has 20 heteroatoms. The summed E-state index contributed by atoms with van der Waals surface area (Å²) < 4.78 is 62.9. The first-order valence-corrected chi connectivity index (χ1v) is 18.9. The van der Waals surface area contributed by atoms with E-state index in [0.717, 1.165) is 16.8 Å². The van der Waals surface area contributed by atoms with Crippen molar-refractivity contribution in [3.05, 3.63) is 36.2 Å². The van der Waals surface area contributed by atoms with Crippen LogP contribution in [0.25, 0.3) is 11.2 Å². The number of hydrazine groups is 1. The van der Waals surface area contributed by atoms with Gasteiger partial charge in [0.05, 0.1) is 19.2 Å². The van der Waals surface area contributed by atoms with Gasteiger partial charge in [0, 0.05) is 7.05 Å². The van der Waals surface area contributed by atoms with Crippen molar-refractivity contribution in [1.82, 2.24) is 29.4 Å². The third-order valence-electron chi connectivity index (χ3n) is 8.05. The molecule has 1 aromatic carbocycles. The Kier molecular flexibility index (Phi) is 9.81. The van der Waals surface area contributed by atoms with Crippen LogP contribution < -0.4 is 25.2 Å². The molecule has 2 aliphatic rings. The number of aryl methyl sites for hydroxylation is 1. The number of nitrogens with zero attached hydrogens (tertiary/aromatic N) is 5. The Labute approximate surface area is 283 Å². The Bertz CT molecular complexity index is 1860. The Balaban J connectivity index is 1.42. The molecule has 0 bridgehead atoms. The molecule has 1 saturated carbocycles. The number of anilines is 2. The van der Waals surface area contributed by atoms with E-state index in [1.165, 1.54) is 24.9 Å². The predicted molar refractivity (Wildman–Crippen MR) is 178 cm³/mol. The van der Waals surface area contributed by atoms with E-state index in [2.05, 4.69) is 24.9 Å². The second-order valence-corrected chi connectivity index (χ2v) is 17.0. The van der Waals surface area contributed by atoms with Gasteiger partial charge < -0.3 is 29.9 Å². The normalized spacial score (nSPS) is 25.0. The minimum absolute atomic E-state index is 0.0138. The number of nitrogens with one attached hydrogen (secondary N) is 2. The molecule has 1 saturated heterocycles. The van der Waals surface area contributed by atoms with Crippen molar-refractivity contribution < 1.29 is 46.5 Å². The summed E-state index contributed by atoms with van der Waals surface area (Å²) in [5.41, 5.74) is 2.90. The SMILES string of the molecule is Cc1ccc(OP(=O)(NC2(C(=O)OC(C)(C)C)CCC2)OCC2OC(n3cnc4c(N(C)NS(C)(=O)=O)nc(N)nc43)[C@](C)(O)[C@@H]2O)cc1. The maximum Gasteiger partial charge on any atom is 0.459 e. The Morgan fingerprint density at radius 2 is 1.90 bits per heavy atom. The van der Waals surface area contributed by atoms with Gasteiger partial charge in [-0.15, -0.1) is 4.83 Å². The van der Waals surface area contributed by atoms with Crippen LogP contribution in [0.3, 0.4) is 0 Å². The van der Waals surface area contributed by atoms with Gasteiger partial charge >= 0.3 is 13.7 Å². The maximum absolute atomic E-state index is 14.4. The lowest BCUT2D eigenvalue weighted by Crippen LogP contribution is -2.58.